The minimum atomic E-state index is 0.507. The van der Waals surface area contributed by atoms with E-state index < -0.39 is 0 Å². The second-order valence-corrected chi connectivity index (χ2v) is 7.10. The molecule has 0 unspecified atom stereocenters. The van der Waals surface area contributed by atoms with Crippen LogP contribution in [0.5, 0.6) is 0 Å². The normalized spacial score (nSPS) is 11.2. The number of nitrogens with one attached hydrogen (secondary N) is 1. The van der Waals surface area contributed by atoms with Gasteiger partial charge in [0.15, 0.2) is 0 Å². The van der Waals surface area contributed by atoms with Crippen LogP contribution in [0.4, 0.5) is 0 Å². The molecule has 1 N–H and O–H groups in total. The van der Waals surface area contributed by atoms with Gasteiger partial charge < -0.3 is 9.30 Å². The number of H-pyrrole nitrogens is 1. The Kier molecular flexibility index (Phi) is 4.69. The van der Waals surface area contributed by atoms with Crippen LogP contribution in [0.25, 0.3) is 21.8 Å². The summed E-state index contributed by atoms with van der Waals surface area (Å²) >= 11 is 1.75. The van der Waals surface area contributed by atoms with E-state index in [0.29, 0.717) is 13.2 Å². The highest BCUT2D eigenvalue weighted by molar-refractivity contribution is 7.13. The lowest BCUT2D eigenvalue weighted by Gasteiger charge is -2.09. The number of hydrogen-bond donors (Lipinski definition) is 1. The first-order valence-corrected chi connectivity index (χ1v) is 9.31. The fraction of sp³-hybridized carbons (Fsp3) is 0.200. The van der Waals surface area contributed by atoms with Gasteiger partial charge in [0, 0.05) is 12.7 Å². The molecule has 0 radical (unpaired) electrons. The van der Waals surface area contributed by atoms with Crippen molar-refractivity contribution in [3.05, 3.63) is 71.1 Å². The number of ether oxygens (including phenoxy) is 1. The fourth-order valence-electron chi connectivity index (χ4n) is 3.06. The summed E-state index contributed by atoms with van der Waals surface area (Å²) in [6.45, 7) is 3.33. The average Bonchev–Trinajstić information content (AvgIpc) is 3.37. The summed E-state index contributed by atoms with van der Waals surface area (Å²) in [4.78, 5) is 5.98. The number of imidazole rings is 1. The molecule has 3 heterocycles. The van der Waals surface area contributed by atoms with Crippen LogP contribution in [-0.2, 0) is 17.9 Å². The SMILES string of the molecule is COCc1cc(Cn2cnc(-c3ccccc3)c2-c2sccc2C)[nH]n1. The zero-order valence-corrected chi connectivity index (χ0v) is 15.6. The highest BCUT2D eigenvalue weighted by Gasteiger charge is 2.18. The summed E-state index contributed by atoms with van der Waals surface area (Å²) in [6.07, 6.45) is 1.91. The van der Waals surface area contributed by atoms with Gasteiger partial charge in [-0.1, -0.05) is 30.3 Å². The molecular formula is C20H20N4OS. The third kappa shape index (κ3) is 3.21. The number of thiophene rings is 1. The molecule has 0 aliphatic heterocycles. The second kappa shape index (κ2) is 7.27. The third-order valence-electron chi connectivity index (χ3n) is 4.28. The lowest BCUT2D eigenvalue weighted by molar-refractivity contribution is 0.181. The van der Waals surface area contributed by atoms with Gasteiger partial charge in [-0.05, 0) is 30.0 Å². The molecule has 0 fully saturated rings. The number of hydrogen-bond acceptors (Lipinski definition) is 4. The van der Waals surface area contributed by atoms with Crippen molar-refractivity contribution in [2.75, 3.05) is 7.11 Å². The van der Waals surface area contributed by atoms with Crippen molar-refractivity contribution in [1.29, 1.82) is 0 Å². The largest absolute Gasteiger partial charge is 0.378 e. The van der Waals surface area contributed by atoms with Crippen LogP contribution in [0, 0.1) is 6.92 Å². The van der Waals surface area contributed by atoms with Crippen molar-refractivity contribution in [1.82, 2.24) is 19.7 Å². The first-order valence-electron chi connectivity index (χ1n) is 8.43. The molecule has 26 heavy (non-hydrogen) atoms. The Bertz CT molecular complexity index is 1000. The summed E-state index contributed by atoms with van der Waals surface area (Å²) in [5.74, 6) is 0. The van der Waals surface area contributed by atoms with Gasteiger partial charge in [-0.15, -0.1) is 11.3 Å². The van der Waals surface area contributed by atoms with Crippen LogP contribution in [0.2, 0.25) is 0 Å². The smallest absolute Gasteiger partial charge is 0.0971 e. The number of methoxy groups -OCH3 is 1. The molecule has 132 valence electrons. The van der Waals surface area contributed by atoms with E-state index in [2.05, 4.69) is 45.3 Å². The number of rotatable bonds is 6. The number of aromatic nitrogens is 4. The number of aromatic amines is 1. The molecule has 0 saturated heterocycles. The third-order valence-corrected chi connectivity index (χ3v) is 5.30. The lowest BCUT2D eigenvalue weighted by atomic mass is 10.1. The summed E-state index contributed by atoms with van der Waals surface area (Å²) in [5, 5.41) is 9.52. The van der Waals surface area contributed by atoms with Crippen molar-refractivity contribution < 1.29 is 4.74 Å². The van der Waals surface area contributed by atoms with Gasteiger partial charge in [-0.2, -0.15) is 5.10 Å². The Morgan fingerprint density at radius 2 is 2.04 bits per heavy atom. The summed E-state index contributed by atoms with van der Waals surface area (Å²) in [7, 11) is 1.67. The monoisotopic (exact) mass is 364 g/mol. The molecule has 4 rings (SSSR count). The molecule has 0 saturated carbocycles. The van der Waals surface area contributed by atoms with Crippen molar-refractivity contribution in [3.63, 3.8) is 0 Å². The van der Waals surface area contributed by atoms with E-state index in [-0.39, 0.29) is 0 Å². The predicted molar refractivity (Wildman–Crippen MR) is 104 cm³/mol. The lowest BCUT2D eigenvalue weighted by Crippen LogP contribution is -2.01. The van der Waals surface area contributed by atoms with E-state index in [0.717, 1.165) is 28.3 Å². The van der Waals surface area contributed by atoms with Gasteiger partial charge in [0.1, 0.15) is 0 Å². The van der Waals surface area contributed by atoms with E-state index in [9.17, 15) is 0 Å². The maximum atomic E-state index is 5.15. The van der Waals surface area contributed by atoms with Crippen LogP contribution >= 0.6 is 11.3 Å². The van der Waals surface area contributed by atoms with Crippen LogP contribution in [0.3, 0.4) is 0 Å². The topological polar surface area (TPSA) is 55.7 Å². The Labute approximate surface area is 156 Å². The molecule has 0 amide bonds. The molecule has 0 atom stereocenters. The molecule has 0 spiro atoms. The van der Waals surface area contributed by atoms with Crippen LogP contribution in [0.1, 0.15) is 17.0 Å². The van der Waals surface area contributed by atoms with Crippen LogP contribution in [-0.4, -0.2) is 26.9 Å². The minimum absolute atomic E-state index is 0.507. The highest BCUT2D eigenvalue weighted by Crippen LogP contribution is 2.36. The predicted octanol–water partition coefficient (Wildman–Crippen LogP) is 4.50. The molecule has 5 nitrogen and oxygen atoms in total. The van der Waals surface area contributed by atoms with E-state index in [1.165, 1.54) is 10.4 Å². The molecule has 0 bridgehead atoms. The van der Waals surface area contributed by atoms with E-state index in [4.69, 9.17) is 9.72 Å². The number of benzene rings is 1. The zero-order valence-electron chi connectivity index (χ0n) is 14.8. The van der Waals surface area contributed by atoms with Crippen molar-refractivity contribution >= 4 is 11.3 Å². The van der Waals surface area contributed by atoms with Gasteiger partial charge in [-0.3, -0.25) is 5.10 Å². The summed E-state index contributed by atoms with van der Waals surface area (Å²) in [6, 6.07) is 14.5. The quantitative estimate of drug-likeness (QED) is 0.548. The Morgan fingerprint density at radius 1 is 1.19 bits per heavy atom. The van der Waals surface area contributed by atoms with E-state index >= 15 is 0 Å². The Morgan fingerprint density at radius 3 is 2.77 bits per heavy atom. The standard InChI is InChI=1S/C20H20N4OS/c1-14-8-9-26-20(14)19-18(15-6-4-3-5-7-15)21-13-24(19)11-16-10-17(12-25-2)23-22-16/h3-10,13H,11-12H2,1-2H3,(H,22,23). The van der Waals surface area contributed by atoms with E-state index in [1.807, 2.05) is 30.6 Å². The minimum Gasteiger partial charge on any atom is -0.378 e. The van der Waals surface area contributed by atoms with Gasteiger partial charge in [0.25, 0.3) is 0 Å². The van der Waals surface area contributed by atoms with Gasteiger partial charge in [0.05, 0.1) is 47.1 Å². The maximum absolute atomic E-state index is 5.15. The number of nitrogens with zero attached hydrogens (tertiary/aromatic N) is 3. The Balaban J connectivity index is 1.77. The molecule has 0 aliphatic carbocycles. The maximum Gasteiger partial charge on any atom is 0.0971 e. The number of aryl methyl sites for hydroxylation is 1. The van der Waals surface area contributed by atoms with Crippen molar-refractivity contribution in [2.45, 2.75) is 20.1 Å². The summed E-state index contributed by atoms with van der Waals surface area (Å²) in [5.41, 5.74) is 6.47. The molecule has 1 aromatic carbocycles. The van der Waals surface area contributed by atoms with Gasteiger partial charge in [-0.25, -0.2) is 4.98 Å². The van der Waals surface area contributed by atoms with Gasteiger partial charge in [0.2, 0.25) is 0 Å². The molecule has 4 aromatic rings. The first-order chi connectivity index (χ1) is 12.8. The Hall–Kier alpha value is -2.70. The first kappa shape index (κ1) is 16.8. The zero-order chi connectivity index (χ0) is 17.9. The molecule has 6 heteroatoms. The molecule has 3 aromatic heterocycles. The second-order valence-electron chi connectivity index (χ2n) is 6.19. The van der Waals surface area contributed by atoms with Gasteiger partial charge >= 0.3 is 0 Å². The molecule has 0 aliphatic rings. The summed E-state index contributed by atoms with van der Waals surface area (Å²) < 4.78 is 7.34. The molecular weight excluding hydrogens is 344 g/mol. The van der Waals surface area contributed by atoms with Crippen molar-refractivity contribution in [3.8, 4) is 21.8 Å². The highest BCUT2D eigenvalue weighted by atomic mass is 32.1. The van der Waals surface area contributed by atoms with Crippen molar-refractivity contribution in [2.24, 2.45) is 0 Å². The van der Waals surface area contributed by atoms with Crippen LogP contribution in [0.15, 0.2) is 54.2 Å². The van der Waals surface area contributed by atoms with Crippen LogP contribution < -0.4 is 0 Å². The fourth-order valence-corrected chi connectivity index (χ4v) is 4.05. The average molecular weight is 364 g/mol. The van der Waals surface area contributed by atoms with E-state index in [1.54, 1.807) is 18.4 Å².